The van der Waals surface area contributed by atoms with Gasteiger partial charge in [0.2, 0.25) is 0 Å². The number of rotatable bonds is 11. The van der Waals surface area contributed by atoms with E-state index in [0.29, 0.717) is 25.3 Å². The molecule has 0 bridgehead atoms. The molecule has 0 saturated carbocycles. The molecule has 2 heterocycles. The molecule has 2 aromatic carbocycles. The van der Waals surface area contributed by atoms with Crippen LogP contribution in [0.1, 0.15) is 40.4 Å². The molecule has 0 aliphatic heterocycles. The van der Waals surface area contributed by atoms with Crippen molar-refractivity contribution < 1.29 is 9.53 Å². The SMILES string of the molecule is CCOCCCNC(=O)c1ccc(CSc2nc3ccncc3n2Cc2cccc(C)c2)cc1. The molecule has 0 aliphatic carbocycles. The van der Waals surface area contributed by atoms with Gasteiger partial charge in [0.15, 0.2) is 5.16 Å². The molecule has 0 spiro atoms. The Bertz CT molecular complexity index is 1240. The highest BCUT2D eigenvalue weighted by Crippen LogP contribution is 2.27. The van der Waals surface area contributed by atoms with E-state index in [-0.39, 0.29) is 5.91 Å². The molecule has 6 nitrogen and oxygen atoms in total. The molecule has 4 aromatic rings. The summed E-state index contributed by atoms with van der Waals surface area (Å²) in [5, 5.41) is 3.90. The van der Waals surface area contributed by atoms with Crippen molar-refractivity contribution in [1.29, 1.82) is 0 Å². The first-order chi connectivity index (χ1) is 16.6. The van der Waals surface area contributed by atoms with Crippen LogP contribution in [0.5, 0.6) is 0 Å². The first-order valence-electron chi connectivity index (χ1n) is 11.6. The van der Waals surface area contributed by atoms with Crippen molar-refractivity contribution in [1.82, 2.24) is 19.9 Å². The summed E-state index contributed by atoms with van der Waals surface area (Å²) in [6.45, 7) is 6.80. The number of amides is 1. The normalized spacial score (nSPS) is 11.1. The summed E-state index contributed by atoms with van der Waals surface area (Å²) in [5.41, 5.74) is 6.27. The Kier molecular flexibility index (Phi) is 8.33. The Morgan fingerprint density at radius 3 is 2.76 bits per heavy atom. The molecule has 0 unspecified atom stereocenters. The van der Waals surface area contributed by atoms with Gasteiger partial charge in [-0.05, 0) is 49.6 Å². The van der Waals surface area contributed by atoms with Gasteiger partial charge in [-0.15, -0.1) is 0 Å². The van der Waals surface area contributed by atoms with Crippen LogP contribution in [-0.2, 0) is 17.0 Å². The average Bonchev–Trinajstić information content (AvgIpc) is 3.20. The fourth-order valence-electron chi connectivity index (χ4n) is 3.73. The van der Waals surface area contributed by atoms with E-state index < -0.39 is 0 Å². The van der Waals surface area contributed by atoms with E-state index in [9.17, 15) is 4.79 Å². The van der Waals surface area contributed by atoms with Crippen molar-refractivity contribution in [3.63, 3.8) is 0 Å². The lowest BCUT2D eigenvalue weighted by molar-refractivity contribution is 0.0944. The number of thioether (sulfide) groups is 1. The van der Waals surface area contributed by atoms with Crippen LogP contribution in [0, 0.1) is 6.92 Å². The van der Waals surface area contributed by atoms with E-state index in [2.05, 4.69) is 46.1 Å². The van der Waals surface area contributed by atoms with Gasteiger partial charge in [-0.25, -0.2) is 4.98 Å². The van der Waals surface area contributed by atoms with Gasteiger partial charge in [0.05, 0.1) is 23.8 Å². The smallest absolute Gasteiger partial charge is 0.251 e. The van der Waals surface area contributed by atoms with Crippen molar-refractivity contribution in [2.75, 3.05) is 19.8 Å². The highest BCUT2D eigenvalue weighted by molar-refractivity contribution is 7.98. The van der Waals surface area contributed by atoms with Gasteiger partial charge < -0.3 is 14.6 Å². The number of aromatic nitrogens is 3. The van der Waals surface area contributed by atoms with E-state index in [1.54, 1.807) is 18.0 Å². The maximum Gasteiger partial charge on any atom is 0.251 e. The monoisotopic (exact) mass is 474 g/mol. The maximum atomic E-state index is 12.3. The Morgan fingerprint density at radius 1 is 1.12 bits per heavy atom. The minimum absolute atomic E-state index is 0.0526. The Morgan fingerprint density at radius 2 is 1.97 bits per heavy atom. The predicted octanol–water partition coefficient (Wildman–Crippen LogP) is 5.24. The third-order valence-electron chi connectivity index (χ3n) is 5.48. The van der Waals surface area contributed by atoms with E-state index in [1.807, 2.05) is 43.5 Å². The number of imidazole rings is 1. The Labute approximate surface area is 204 Å². The number of nitrogens with one attached hydrogen (secondary N) is 1. The number of nitrogens with zero attached hydrogens (tertiary/aromatic N) is 3. The molecule has 1 amide bonds. The molecule has 0 aliphatic rings. The predicted molar refractivity (Wildman–Crippen MR) is 137 cm³/mol. The summed E-state index contributed by atoms with van der Waals surface area (Å²) in [6.07, 6.45) is 4.47. The fraction of sp³-hybridized carbons (Fsp3) is 0.296. The summed E-state index contributed by atoms with van der Waals surface area (Å²) in [4.78, 5) is 21.5. The number of hydrogen-bond donors (Lipinski definition) is 1. The fourth-order valence-corrected chi connectivity index (χ4v) is 4.70. The van der Waals surface area contributed by atoms with Gasteiger partial charge in [-0.2, -0.15) is 0 Å². The standard InChI is InChI=1S/C27H30N4O2S/c1-3-33-15-5-13-29-26(32)23-10-8-21(9-11-23)19-34-27-30-24-12-14-28-17-25(24)31(27)18-22-7-4-6-20(2)16-22/h4,6-12,14,16-17H,3,5,13,15,18-19H2,1-2H3,(H,29,32). The van der Waals surface area contributed by atoms with E-state index in [0.717, 1.165) is 40.5 Å². The van der Waals surface area contributed by atoms with Crippen LogP contribution in [-0.4, -0.2) is 40.2 Å². The lowest BCUT2D eigenvalue weighted by atomic mass is 10.1. The first-order valence-corrected chi connectivity index (χ1v) is 12.6. The zero-order chi connectivity index (χ0) is 23.8. The molecule has 2 aromatic heterocycles. The lowest BCUT2D eigenvalue weighted by Crippen LogP contribution is -2.25. The quantitative estimate of drug-likeness (QED) is 0.238. The number of fused-ring (bicyclic) bond motifs is 1. The second kappa shape index (κ2) is 11.8. The molecule has 0 radical (unpaired) electrons. The second-order valence-electron chi connectivity index (χ2n) is 8.13. The molecule has 4 rings (SSSR count). The highest BCUT2D eigenvalue weighted by atomic mass is 32.2. The molecule has 34 heavy (non-hydrogen) atoms. The van der Waals surface area contributed by atoms with Gasteiger partial charge in [0.25, 0.3) is 5.91 Å². The number of hydrogen-bond acceptors (Lipinski definition) is 5. The number of carbonyl (C=O) groups is 1. The molecular weight excluding hydrogens is 444 g/mol. The van der Waals surface area contributed by atoms with Crippen molar-refractivity contribution in [3.8, 4) is 0 Å². The van der Waals surface area contributed by atoms with Crippen LogP contribution in [0.2, 0.25) is 0 Å². The second-order valence-corrected chi connectivity index (χ2v) is 9.07. The van der Waals surface area contributed by atoms with Gasteiger partial charge in [-0.3, -0.25) is 9.78 Å². The number of benzene rings is 2. The van der Waals surface area contributed by atoms with Crippen LogP contribution < -0.4 is 5.32 Å². The summed E-state index contributed by atoms with van der Waals surface area (Å²) >= 11 is 1.69. The largest absolute Gasteiger partial charge is 0.382 e. The van der Waals surface area contributed by atoms with Crippen LogP contribution in [0.4, 0.5) is 0 Å². The number of pyridine rings is 1. The van der Waals surface area contributed by atoms with E-state index in [1.165, 1.54) is 11.1 Å². The molecule has 0 atom stereocenters. The van der Waals surface area contributed by atoms with Gasteiger partial charge in [0, 0.05) is 37.3 Å². The Hall–Kier alpha value is -3.16. The zero-order valence-electron chi connectivity index (χ0n) is 19.7. The van der Waals surface area contributed by atoms with Gasteiger partial charge >= 0.3 is 0 Å². The van der Waals surface area contributed by atoms with Crippen molar-refractivity contribution in [2.24, 2.45) is 0 Å². The topological polar surface area (TPSA) is 69.0 Å². The minimum Gasteiger partial charge on any atom is -0.382 e. The van der Waals surface area contributed by atoms with Crippen molar-refractivity contribution in [3.05, 3.63) is 89.2 Å². The van der Waals surface area contributed by atoms with Gasteiger partial charge in [-0.1, -0.05) is 53.7 Å². The molecule has 0 saturated heterocycles. The van der Waals surface area contributed by atoms with E-state index in [4.69, 9.17) is 9.72 Å². The number of ether oxygens (including phenoxy) is 1. The number of aryl methyl sites for hydroxylation is 1. The third kappa shape index (κ3) is 6.24. The maximum absolute atomic E-state index is 12.3. The van der Waals surface area contributed by atoms with Crippen molar-refractivity contribution >= 4 is 28.7 Å². The Balaban J connectivity index is 1.42. The van der Waals surface area contributed by atoms with Crippen molar-refractivity contribution in [2.45, 2.75) is 37.7 Å². The van der Waals surface area contributed by atoms with E-state index >= 15 is 0 Å². The number of carbonyl (C=O) groups excluding carboxylic acids is 1. The van der Waals surface area contributed by atoms with Crippen LogP contribution in [0.15, 0.2) is 72.1 Å². The summed E-state index contributed by atoms with van der Waals surface area (Å²) in [6, 6.07) is 18.3. The molecule has 0 fully saturated rings. The highest BCUT2D eigenvalue weighted by Gasteiger charge is 2.13. The van der Waals surface area contributed by atoms with Gasteiger partial charge in [0.1, 0.15) is 0 Å². The van der Waals surface area contributed by atoms with Crippen LogP contribution in [0.3, 0.4) is 0 Å². The average molecular weight is 475 g/mol. The van der Waals surface area contributed by atoms with Crippen LogP contribution >= 0.6 is 11.8 Å². The minimum atomic E-state index is -0.0526. The zero-order valence-corrected chi connectivity index (χ0v) is 20.5. The first kappa shape index (κ1) is 24.0. The summed E-state index contributed by atoms with van der Waals surface area (Å²) < 4.78 is 7.53. The summed E-state index contributed by atoms with van der Waals surface area (Å²) in [5.74, 6) is 0.712. The summed E-state index contributed by atoms with van der Waals surface area (Å²) in [7, 11) is 0. The third-order valence-corrected chi connectivity index (χ3v) is 6.53. The molecule has 7 heteroatoms. The molecule has 1 N–H and O–H groups in total. The van der Waals surface area contributed by atoms with Crippen LogP contribution in [0.25, 0.3) is 11.0 Å². The lowest BCUT2D eigenvalue weighted by Gasteiger charge is -2.10. The molecule has 176 valence electrons. The molecular formula is C27H30N4O2S.